The first-order valence-corrected chi connectivity index (χ1v) is 5.39. The maximum Gasteiger partial charge on any atom is 0.0704 e. The molecular weight excluding hydrogens is 180 g/mol. The average molecular weight is 202 g/mol. The molecule has 1 heterocycles. The minimum absolute atomic E-state index is 0.430. The molecule has 0 aromatic heterocycles. The molecule has 0 radical (unpaired) electrons. The Morgan fingerprint density at radius 1 is 1.29 bits per heavy atom. The van der Waals surface area contributed by atoms with Gasteiger partial charge in [-0.2, -0.15) is 0 Å². The van der Waals surface area contributed by atoms with Crippen LogP contribution in [0.1, 0.15) is 12.8 Å². The monoisotopic (exact) mass is 202 g/mol. The Morgan fingerprint density at radius 2 is 2.00 bits per heavy atom. The molecule has 0 aliphatic carbocycles. The van der Waals surface area contributed by atoms with Crippen molar-refractivity contribution < 1.29 is 9.47 Å². The van der Waals surface area contributed by atoms with Crippen LogP contribution in [-0.4, -0.2) is 57.5 Å². The van der Waals surface area contributed by atoms with E-state index >= 15 is 0 Å². The summed E-state index contributed by atoms with van der Waals surface area (Å²) in [6.07, 6.45) is 2.69. The predicted molar refractivity (Wildman–Crippen MR) is 56.3 cm³/mol. The standard InChI is InChI=1S/C10H22N2O2/c1-13-8-9-14-10-2-5-12(6-3-10)7-4-11/h10H,2-9,11H2,1H3. The lowest BCUT2D eigenvalue weighted by Gasteiger charge is -2.31. The van der Waals surface area contributed by atoms with E-state index in [1.54, 1.807) is 7.11 Å². The van der Waals surface area contributed by atoms with Gasteiger partial charge < -0.3 is 20.1 Å². The molecule has 1 saturated heterocycles. The zero-order valence-electron chi connectivity index (χ0n) is 9.08. The van der Waals surface area contributed by atoms with Gasteiger partial charge >= 0.3 is 0 Å². The number of hydrogen-bond donors (Lipinski definition) is 1. The topological polar surface area (TPSA) is 47.7 Å². The Kier molecular flexibility index (Phi) is 6.10. The lowest BCUT2D eigenvalue weighted by molar-refractivity contribution is -0.0141. The fourth-order valence-electron chi connectivity index (χ4n) is 1.78. The van der Waals surface area contributed by atoms with Gasteiger partial charge in [0.2, 0.25) is 0 Å². The third kappa shape index (κ3) is 4.37. The SMILES string of the molecule is COCCOC1CCN(CCN)CC1. The summed E-state index contributed by atoms with van der Waals surface area (Å²) in [7, 11) is 1.70. The van der Waals surface area contributed by atoms with E-state index < -0.39 is 0 Å². The summed E-state index contributed by atoms with van der Waals surface area (Å²) in [4.78, 5) is 2.40. The van der Waals surface area contributed by atoms with Crippen molar-refractivity contribution in [3.8, 4) is 0 Å². The minimum atomic E-state index is 0.430. The summed E-state index contributed by atoms with van der Waals surface area (Å²) in [6, 6.07) is 0. The van der Waals surface area contributed by atoms with Gasteiger partial charge in [0.1, 0.15) is 0 Å². The number of rotatable bonds is 6. The van der Waals surface area contributed by atoms with Gasteiger partial charge in [-0.1, -0.05) is 0 Å². The van der Waals surface area contributed by atoms with Crippen LogP contribution in [0.3, 0.4) is 0 Å². The Hall–Kier alpha value is -0.160. The third-order valence-corrected chi connectivity index (χ3v) is 2.62. The predicted octanol–water partition coefficient (Wildman–Crippen LogP) is 0.0725. The van der Waals surface area contributed by atoms with Gasteiger partial charge in [-0.05, 0) is 12.8 Å². The fraction of sp³-hybridized carbons (Fsp3) is 1.00. The van der Waals surface area contributed by atoms with Gasteiger partial charge in [0.15, 0.2) is 0 Å². The highest BCUT2D eigenvalue weighted by Gasteiger charge is 2.18. The molecule has 84 valence electrons. The van der Waals surface area contributed by atoms with E-state index in [-0.39, 0.29) is 0 Å². The van der Waals surface area contributed by atoms with E-state index in [0.29, 0.717) is 12.7 Å². The molecule has 1 aliphatic heterocycles. The van der Waals surface area contributed by atoms with Crippen LogP contribution in [0, 0.1) is 0 Å². The summed E-state index contributed by atoms with van der Waals surface area (Å²) < 4.78 is 10.6. The van der Waals surface area contributed by atoms with E-state index in [4.69, 9.17) is 15.2 Å². The van der Waals surface area contributed by atoms with Crippen LogP contribution in [0.15, 0.2) is 0 Å². The maximum atomic E-state index is 5.67. The summed E-state index contributed by atoms with van der Waals surface area (Å²) in [5.41, 5.74) is 5.50. The number of hydrogen-bond acceptors (Lipinski definition) is 4. The molecule has 2 N–H and O–H groups in total. The smallest absolute Gasteiger partial charge is 0.0704 e. The van der Waals surface area contributed by atoms with Crippen molar-refractivity contribution in [1.29, 1.82) is 0 Å². The van der Waals surface area contributed by atoms with Crippen LogP contribution >= 0.6 is 0 Å². The molecule has 0 amide bonds. The Balaban J connectivity index is 2.03. The van der Waals surface area contributed by atoms with Crippen LogP contribution in [0.5, 0.6) is 0 Å². The van der Waals surface area contributed by atoms with Gasteiger partial charge in [0.05, 0.1) is 19.3 Å². The molecule has 0 atom stereocenters. The highest BCUT2D eigenvalue weighted by molar-refractivity contribution is 4.72. The molecule has 0 aromatic carbocycles. The first-order valence-electron chi connectivity index (χ1n) is 5.39. The number of likely N-dealkylation sites (tertiary alicyclic amines) is 1. The summed E-state index contributed by atoms with van der Waals surface area (Å²) >= 11 is 0. The maximum absolute atomic E-state index is 5.67. The number of methoxy groups -OCH3 is 1. The molecule has 0 saturated carbocycles. The quantitative estimate of drug-likeness (QED) is 0.619. The summed E-state index contributed by atoms with van der Waals surface area (Å²) in [5, 5.41) is 0. The van der Waals surface area contributed by atoms with Gasteiger partial charge in [-0.3, -0.25) is 0 Å². The van der Waals surface area contributed by atoms with Gasteiger partial charge in [-0.25, -0.2) is 0 Å². The van der Waals surface area contributed by atoms with Crippen molar-refractivity contribution in [1.82, 2.24) is 4.90 Å². The lowest BCUT2D eigenvalue weighted by Crippen LogP contribution is -2.39. The van der Waals surface area contributed by atoms with Crippen LogP contribution in [-0.2, 0) is 9.47 Å². The molecule has 14 heavy (non-hydrogen) atoms. The molecule has 4 heteroatoms. The zero-order chi connectivity index (χ0) is 10.2. The fourth-order valence-corrected chi connectivity index (χ4v) is 1.78. The second-order valence-corrected chi connectivity index (χ2v) is 3.69. The molecule has 1 fully saturated rings. The van der Waals surface area contributed by atoms with Crippen molar-refractivity contribution in [2.75, 3.05) is 46.5 Å². The average Bonchev–Trinajstić information content (AvgIpc) is 2.21. The second kappa shape index (κ2) is 7.17. The van der Waals surface area contributed by atoms with E-state index in [1.165, 1.54) is 0 Å². The molecule has 4 nitrogen and oxygen atoms in total. The first kappa shape index (κ1) is 11.9. The molecule has 1 aliphatic rings. The van der Waals surface area contributed by atoms with Crippen molar-refractivity contribution in [3.05, 3.63) is 0 Å². The molecule has 0 bridgehead atoms. The van der Waals surface area contributed by atoms with E-state index in [0.717, 1.165) is 45.6 Å². The highest BCUT2D eigenvalue weighted by atomic mass is 16.5. The third-order valence-electron chi connectivity index (χ3n) is 2.62. The summed E-state index contributed by atoms with van der Waals surface area (Å²) in [6.45, 7) is 5.44. The van der Waals surface area contributed by atoms with Gasteiger partial charge in [0, 0.05) is 33.3 Å². The number of nitrogens with two attached hydrogens (primary N) is 1. The molecule has 0 unspecified atom stereocenters. The number of piperidine rings is 1. The van der Waals surface area contributed by atoms with Gasteiger partial charge in [0.25, 0.3) is 0 Å². The largest absolute Gasteiger partial charge is 0.382 e. The number of ether oxygens (including phenoxy) is 2. The molecule has 1 rings (SSSR count). The van der Waals surface area contributed by atoms with Crippen LogP contribution < -0.4 is 5.73 Å². The van der Waals surface area contributed by atoms with Crippen LogP contribution in [0.2, 0.25) is 0 Å². The van der Waals surface area contributed by atoms with Gasteiger partial charge in [-0.15, -0.1) is 0 Å². The van der Waals surface area contributed by atoms with Crippen LogP contribution in [0.25, 0.3) is 0 Å². The van der Waals surface area contributed by atoms with Crippen molar-refractivity contribution in [2.45, 2.75) is 18.9 Å². The van der Waals surface area contributed by atoms with E-state index in [2.05, 4.69) is 4.90 Å². The summed E-state index contributed by atoms with van der Waals surface area (Å²) in [5.74, 6) is 0. The molecule has 0 spiro atoms. The van der Waals surface area contributed by atoms with E-state index in [9.17, 15) is 0 Å². The molecule has 0 aromatic rings. The van der Waals surface area contributed by atoms with Crippen molar-refractivity contribution >= 4 is 0 Å². The van der Waals surface area contributed by atoms with Crippen LogP contribution in [0.4, 0.5) is 0 Å². The molecular formula is C10H22N2O2. The Morgan fingerprint density at radius 3 is 2.57 bits per heavy atom. The lowest BCUT2D eigenvalue weighted by atomic mass is 10.1. The van der Waals surface area contributed by atoms with E-state index in [1.807, 2.05) is 0 Å². The number of nitrogens with zero attached hydrogens (tertiary/aromatic N) is 1. The van der Waals surface area contributed by atoms with Crippen molar-refractivity contribution in [3.63, 3.8) is 0 Å². The zero-order valence-corrected chi connectivity index (χ0v) is 9.08. The minimum Gasteiger partial charge on any atom is -0.382 e. The van der Waals surface area contributed by atoms with Crippen molar-refractivity contribution in [2.24, 2.45) is 5.73 Å². The Bertz CT molecular complexity index is 136. The normalized spacial score (nSPS) is 20.1. The second-order valence-electron chi connectivity index (χ2n) is 3.69. The Labute approximate surface area is 86.3 Å². The first-order chi connectivity index (χ1) is 6.86. The highest BCUT2D eigenvalue weighted by Crippen LogP contribution is 2.12.